The highest BCUT2D eigenvalue weighted by atomic mass is 16.2. The van der Waals surface area contributed by atoms with Crippen LogP contribution in [-0.2, 0) is 15.0 Å². The third-order valence-corrected chi connectivity index (χ3v) is 6.03. The molecule has 0 spiro atoms. The summed E-state index contributed by atoms with van der Waals surface area (Å²) < 4.78 is 0. The van der Waals surface area contributed by atoms with Gasteiger partial charge in [-0.2, -0.15) is 0 Å². The fraction of sp³-hybridized carbons (Fsp3) is 0.269. The molecule has 0 aliphatic carbocycles. The standard InChI is InChI=1S/C26H28N4O2/c1-27-25(32)26(23-15-8-9-17-28-23)16-10-18-29(20-26)19-24(31)30(21-11-4-2-5-12-21)22-13-6-3-7-14-22/h2-9,11-15,17H,10,16,18-20H2,1H3,(H,27,32). The molecule has 0 radical (unpaired) electrons. The summed E-state index contributed by atoms with van der Waals surface area (Å²) in [5.41, 5.74) is 1.63. The minimum absolute atomic E-state index is 0.0314. The van der Waals surface area contributed by atoms with Gasteiger partial charge >= 0.3 is 0 Å². The van der Waals surface area contributed by atoms with E-state index >= 15 is 0 Å². The Labute approximate surface area is 188 Å². The zero-order valence-electron chi connectivity index (χ0n) is 18.3. The summed E-state index contributed by atoms with van der Waals surface area (Å²) in [7, 11) is 1.66. The normalized spacial score (nSPS) is 18.7. The minimum atomic E-state index is -0.765. The highest BCUT2D eigenvalue weighted by Gasteiger charge is 2.45. The number of likely N-dealkylation sites (tertiary alicyclic amines) is 1. The van der Waals surface area contributed by atoms with E-state index in [0.29, 0.717) is 13.0 Å². The molecule has 2 heterocycles. The fourth-order valence-electron chi connectivity index (χ4n) is 4.53. The lowest BCUT2D eigenvalue weighted by molar-refractivity contribution is -0.130. The van der Waals surface area contributed by atoms with Gasteiger partial charge in [-0.05, 0) is 55.8 Å². The number of hydrogen-bond donors (Lipinski definition) is 1. The number of anilines is 2. The molecule has 0 saturated carbocycles. The number of amides is 2. The highest BCUT2D eigenvalue weighted by molar-refractivity contribution is 6.01. The van der Waals surface area contributed by atoms with Crippen molar-refractivity contribution in [2.24, 2.45) is 0 Å². The number of aromatic nitrogens is 1. The molecule has 6 heteroatoms. The molecule has 1 aliphatic heterocycles. The van der Waals surface area contributed by atoms with Crippen LogP contribution in [0.15, 0.2) is 85.1 Å². The summed E-state index contributed by atoms with van der Waals surface area (Å²) in [4.78, 5) is 34.9. The molecule has 4 rings (SSSR count). The smallest absolute Gasteiger partial charge is 0.245 e. The van der Waals surface area contributed by atoms with Crippen molar-refractivity contribution < 1.29 is 9.59 Å². The second-order valence-electron chi connectivity index (χ2n) is 8.09. The van der Waals surface area contributed by atoms with Gasteiger partial charge in [0.15, 0.2) is 0 Å². The third-order valence-electron chi connectivity index (χ3n) is 6.03. The lowest BCUT2D eigenvalue weighted by atomic mass is 9.75. The zero-order chi connectivity index (χ0) is 22.4. The second kappa shape index (κ2) is 9.75. The van der Waals surface area contributed by atoms with Crippen LogP contribution in [0, 0.1) is 0 Å². The lowest BCUT2D eigenvalue weighted by Gasteiger charge is -2.41. The Morgan fingerprint density at radius 1 is 0.969 bits per heavy atom. The molecule has 0 bridgehead atoms. The highest BCUT2D eigenvalue weighted by Crippen LogP contribution is 2.34. The van der Waals surface area contributed by atoms with E-state index in [1.807, 2.05) is 78.9 Å². The van der Waals surface area contributed by atoms with E-state index in [9.17, 15) is 9.59 Å². The number of carbonyl (C=O) groups excluding carboxylic acids is 2. The number of nitrogens with zero attached hydrogens (tertiary/aromatic N) is 3. The Balaban J connectivity index is 1.61. The fourth-order valence-corrected chi connectivity index (χ4v) is 4.53. The molecule has 1 N–H and O–H groups in total. The van der Waals surface area contributed by atoms with Crippen LogP contribution in [0.4, 0.5) is 11.4 Å². The molecule has 1 unspecified atom stereocenters. The summed E-state index contributed by atoms with van der Waals surface area (Å²) in [5, 5.41) is 2.82. The summed E-state index contributed by atoms with van der Waals surface area (Å²) in [6.07, 6.45) is 3.24. The van der Waals surface area contributed by atoms with Gasteiger partial charge in [0, 0.05) is 31.2 Å². The predicted molar refractivity (Wildman–Crippen MR) is 126 cm³/mol. The molecule has 1 saturated heterocycles. The summed E-state index contributed by atoms with van der Waals surface area (Å²) >= 11 is 0. The van der Waals surface area contributed by atoms with E-state index in [0.717, 1.165) is 30.0 Å². The van der Waals surface area contributed by atoms with E-state index < -0.39 is 5.41 Å². The molecule has 1 atom stereocenters. The van der Waals surface area contributed by atoms with Gasteiger partial charge in [-0.3, -0.25) is 24.4 Å². The molecule has 3 aromatic rings. The predicted octanol–water partition coefficient (Wildman–Crippen LogP) is 3.53. The van der Waals surface area contributed by atoms with E-state index in [4.69, 9.17) is 0 Å². The first-order chi connectivity index (χ1) is 15.6. The summed E-state index contributed by atoms with van der Waals surface area (Å²) in [5.74, 6) is -0.0903. The summed E-state index contributed by atoms with van der Waals surface area (Å²) in [6, 6.07) is 25.0. The van der Waals surface area contributed by atoms with Crippen LogP contribution in [0.5, 0.6) is 0 Å². The van der Waals surface area contributed by atoms with Gasteiger partial charge in [0.25, 0.3) is 0 Å². The number of hydrogen-bond acceptors (Lipinski definition) is 4. The van der Waals surface area contributed by atoms with Gasteiger partial charge in [-0.25, -0.2) is 0 Å². The van der Waals surface area contributed by atoms with Gasteiger partial charge in [0.05, 0.1) is 12.2 Å². The van der Waals surface area contributed by atoms with Gasteiger partial charge in [0.2, 0.25) is 11.8 Å². The Kier molecular flexibility index (Phi) is 6.61. The van der Waals surface area contributed by atoms with Crippen LogP contribution in [0.25, 0.3) is 0 Å². The maximum absolute atomic E-state index is 13.6. The first-order valence-corrected chi connectivity index (χ1v) is 10.9. The number of likely N-dealkylation sites (N-methyl/N-ethyl adjacent to an activating group) is 1. The first-order valence-electron chi connectivity index (χ1n) is 10.9. The Hall–Kier alpha value is -3.51. The second-order valence-corrected chi connectivity index (χ2v) is 8.09. The van der Waals surface area contributed by atoms with Crippen LogP contribution in [-0.4, -0.2) is 48.4 Å². The molecule has 2 amide bonds. The van der Waals surface area contributed by atoms with E-state index in [-0.39, 0.29) is 18.4 Å². The first kappa shape index (κ1) is 21.7. The average molecular weight is 429 g/mol. The van der Waals surface area contributed by atoms with E-state index in [2.05, 4.69) is 15.2 Å². The molecule has 164 valence electrons. The lowest BCUT2D eigenvalue weighted by Crippen LogP contribution is -2.56. The third kappa shape index (κ3) is 4.41. The number of nitrogens with one attached hydrogen (secondary N) is 1. The Morgan fingerprint density at radius 2 is 1.59 bits per heavy atom. The number of rotatable bonds is 6. The van der Waals surface area contributed by atoms with Gasteiger partial charge in [0.1, 0.15) is 5.41 Å². The van der Waals surface area contributed by atoms with Crippen LogP contribution in [0.2, 0.25) is 0 Å². The summed E-state index contributed by atoms with van der Waals surface area (Å²) in [6.45, 7) is 1.43. The molecule has 1 fully saturated rings. The number of para-hydroxylation sites is 2. The number of pyridine rings is 1. The quantitative estimate of drug-likeness (QED) is 0.652. The number of piperidine rings is 1. The molecule has 1 aliphatic rings. The number of benzene rings is 2. The maximum Gasteiger partial charge on any atom is 0.245 e. The molecule has 1 aromatic heterocycles. The average Bonchev–Trinajstić information content (AvgIpc) is 2.85. The van der Waals surface area contributed by atoms with Crippen LogP contribution in [0.1, 0.15) is 18.5 Å². The number of carbonyl (C=O) groups is 2. The van der Waals surface area contributed by atoms with Gasteiger partial charge < -0.3 is 5.32 Å². The van der Waals surface area contributed by atoms with Crippen LogP contribution < -0.4 is 10.2 Å². The molecule has 6 nitrogen and oxygen atoms in total. The Morgan fingerprint density at radius 3 is 2.16 bits per heavy atom. The molecule has 32 heavy (non-hydrogen) atoms. The van der Waals surface area contributed by atoms with Crippen molar-refractivity contribution in [1.29, 1.82) is 0 Å². The largest absolute Gasteiger partial charge is 0.358 e. The van der Waals surface area contributed by atoms with Crippen molar-refractivity contribution in [3.63, 3.8) is 0 Å². The Bertz CT molecular complexity index is 1000. The van der Waals surface area contributed by atoms with Crippen molar-refractivity contribution in [3.05, 3.63) is 90.8 Å². The van der Waals surface area contributed by atoms with E-state index in [1.165, 1.54) is 0 Å². The SMILES string of the molecule is CNC(=O)C1(c2ccccn2)CCCN(CC(=O)N(c2ccccc2)c2ccccc2)C1. The van der Waals surface area contributed by atoms with Gasteiger partial charge in [-0.15, -0.1) is 0 Å². The molecular weight excluding hydrogens is 400 g/mol. The van der Waals surface area contributed by atoms with Crippen molar-refractivity contribution in [2.75, 3.05) is 31.6 Å². The van der Waals surface area contributed by atoms with Crippen molar-refractivity contribution in [1.82, 2.24) is 15.2 Å². The zero-order valence-corrected chi connectivity index (χ0v) is 18.3. The topological polar surface area (TPSA) is 65.5 Å². The minimum Gasteiger partial charge on any atom is -0.358 e. The van der Waals surface area contributed by atoms with E-state index in [1.54, 1.807) is 18.1 Å². The molecular formula is C26H28N4O2. The van der Waals surface area contributed by atoms with Crippen molar-refractivity contribution in [2.45, 2.75) is 18.3 Å². The van der Waals surface area contributed by atoms with Crippen molar-refractivity contribution in [3.8, 4) is 0 Å². The maximum atomic E-state index is 13.6. The van der Waals surface area contributed by atoms with Crippen LogP contribution in [0.3, 0.4) is 0 Å². The van der Waals surface area contributed by atoms with Crippen molar-refractivity contribution >= 4 is 23.2 Å². The molecule has 2 aromatic carbocycles. The van der Waals surface area contributed by atoms with Crippen LogP contribution >= 0.6 is 0 Å². The van der Waals surface area contributed by atoms with Gasteiger partial charge in [-0.1, -0.05) is 42.5 Å². The monoisotopic (exact) mass is 428 g/mol.